The second kappa shape index (κ2) is 7.17. The molecule has 0 saturated heterocycles. The normalized spacial score (nSPS) is 14.2. The van der Waals surface area contributed by atoms with Crippen LogP contribution in [0.2, 0.25) is 0 Å². The summed E-state index contributed by atoms with van der Waals surface area (Å²) < 4.78 is 5.70. The Kier molecular flexibility index (Phi) is 5.87. The first-order chi connectivity index (χ1) is 8.95. The molecular formula is C16H24O3. The zero-order valence-electron chi connectivity index (χ0n) is 12.2. The zero-order chi connectivity index (χ0) is 14.4. The summed E-state index contributed by atoms with van der Waals surface area (Å²) in [5, 5.41) is 9.16. The van der Waals surface area contributed by atoms with E-state index in [9.17, 15) is 4.79 Å². The van der Waals surface area contributed by atoms with Gasteiger partial charge in [-0.05, 0) is 36.0 Å². The third-order valence-corrected chi connectivity index (χ3v) is 3.30. The molecule has 0 fully saturated rings. The molecule has 1 aromatic rings. The molecule has 1 N–H and O–H groups in total. The minimum Gasteiger partial charge on any atom is -0.493 e. The number of ether oxygens (including phenoxy) is 1. The molecule has 0 aromatic heterocycles. The van der Waals surface area contributed by atoms with Gasteiger partial charge in [0.2, 0.25) is 0 Å². The predicted octanol–water partition coefficient (Wildman–Crippen LogP) is 3.94. The number of rotatable bonds is 7. The Balaban J connectivity index is 2.86. The molecule has 0 unspecified atom stereocenters. The lowest BCUT2D eigenvalue weighted by molar-refractivity contribution is -0.141. The van der Waals surface area contributed by atoms with Crippen molar-refractivity contribution in [3.63, 3.8) is 0 Å². The van der Waals surface area contributed by atoms with E-state index in [1.165, 1.54) is 0 Å². The minimum absolute atomic E-state index is 0.0279. The Labute approximate surface area is 115 Å². The topological polar surface area (TPSA) is 46.5 Å². The van der Waals surface area contributed by atoms with E-state index in [0.717, 1.165) is 17.7 Å². The predicted molar refractivity (Wildman–Crippen MR) is 76.6 cm³/mol. The Morgan fingerprint density at radius 3 is 2.53 bits per heavy atom. The second-order valence-corrected chi connectivity index (χ2v) is 5.42. The minimum atomic E-state index is -0.750. The van der Waals surface area contributed by atoms with Crippen LogP contribution in [0.25, 0.3) is 0 Å². The van der Waals surface area contributed by atoms with Gasteiger partial charge in [-0.2, -0.15) is 0 Å². The van der Waals surface area contributed by atoms with Gasteiger partial charge in [-0.25, -0.2) is 0 Å². The highest BCUT2D eigenvalue weighted by atomic mass is 16.5. The van der Waals surface area contributed by atoms with Gasteiger partial charge in [-0.15, -0.1) is 0 Å². The zero-order valence-corrected chi connectivity index (χ0v) is 12.2. The van der Waals surface area contributed by atoms with Crippen LogP contribution >= 0.6 is 0 Å². The second-order valence-electron chi connectivity index (χ2n) is 5.42. The summed E-state index contributed by atoms with van der Waals surface area (Å²) in [5.41, 5.74) is 1.04. The van der Waals surface area contributed by atoms with Crippen molar-refractivity contribution < 1.29 is 14.6 Å². The number of benzene rings is 1. The summed E-state index contributed by atoms with van der Waals surface area (Å²) in [7, 11) is 0. The fourth-order valence-corrected chi connectivity index (χ4v) is 2.15. The number of hydrogen-bond acceptors (Lipinski definition) is 2. The number of carbonyl (C=O) groups is 1. The summed E-state index contributed by atoms with van der Waals surface area (Å²) >= 11 is 0. The molecule has 106 valence electrons. The van der Waals surface area contributed by atoms with Crippen LogP contribution in [0.15, 0.2) is 24.3 Å². The molecular weight excluding hydrogens is 240 g/mol. The van der Waals surface area contributed by atoms with E-state index >= 15 is 0 Å². The highest BCUT2D eigenvalue weighted by Crippen LogP contribution is 2.30. The van der Waals surface area contributed by atoms with E-state index in [2.05, 4.69) is 13.8 Å². The Morgan fingerprint density at radius 1 is 1.32 bits per heavy atom. The molecule has 1 rings (SSSR count). The first-order valence-electron chi connectivity index (χ1n) is 6.91. The molecule has 19 heavy (non-hydrogen) atoms. The van der Waals surface area contributed by atoms with Crippen LogP contribution in [-0.2, 0) is 4.79 Å². The maximum atomic E-state index is 11.1. The van der Waals surface area contributed by atoms with Gasteiger partial charge >= 0.3 is 5.97 Å². The average Bonchev–Trinajstić information content (AvgIpc) is 2.37. The Bertz CT molecular complexity index is 412. The summed E-state index contributed by atoms with van der Waals surface area (Å²) in [4.78, 5) is 11.1. The summed E-state index contributed by atoms with van der Waals surface area (Å²) in [6.07, 6.45) is 0.807. The molecule has 0 saturated carbocycles. The van der Waals surface area contributed by atoms with Gasteiger partial charge in [-0.1, -0.05) is 39.8 Å². The molecule has 0 aliphatic heterocycles. The highest BCUT2D eigenvalue weighted by Gasteiger charge is 2.23. The van der Waals surface area contributed by atoms with Crippen molar-refractivity contribution in [1.82, 2.24) is 0 Å². The van der Waals surface area contributed by atoms with Gasteiger partial charge in [0.15, 0.2) is 0 Å². The summed E-state index contributed by atoms with van der Waals surface area (Å²) in [5.74, 6) is 0.191. The molecule has 3 heteroatoms. The fourth-order valence-electron chi connectivity index (χ4n) is 2.15. The van der Waals surface area contributed by atoms with Crippen molar-refractivity contribution in [2.75, 3.05) is 6.61 Å². The number of carboxylic acid groups (broad SMARTS) is 1. The fraction of sp³-hybridized carbons (Fsp3) is 0.562. The Hall–Kier alpha value is -1.51. The smallest absolute Gasteiger partial charge is 0.306 e. The van der Waals surface area contributed by atoms with Crippen molar-refractivity contribution in [1.29, 1.82) is 0 Å². The maximum Gasteiger partial charge on any atom is 0.306 e. The van der Waals surface area contributed by atoms with E-state index in [-0.39, 0.29) is 11.8 Å². The lowest BCUT2D eigenvalue weighted by Gasteiger charge is -2.20. The van der Waals surface area contributed by atoms with Crippen molar-refractivity contribution in [3.8, 4) is 5.75 Å². The SMILES string of the molecule is CC[C@H](c1cccc(OCC(C)C)c1)[C@H](C)C(=O)O. The Morgan fingerprint density at radius 2 is 2.00 bits per heavy atom. The quantitative estimate of drug-likeness (QED) is 0.811. The molecule has 0 heterocycles. The molecule has 0 spiro atoms. The van der Waals surface area contributed by atoms with Crippen LogP contribution in [0.4, 0.5) is 0 Å². The average molecular weight is 264 g/mol. The van der Waals surface area contributed by atoms with Crippen LogP contribution in [0.5, 0.6) is 5.75 Å². The van der Waals surface area contributed by atoms with Crippen LogP contribution in [-0.4, -0.2) is 17.7 Å². The van der Waals surface area contributed by atoms with Gasteiger partial charge in [0.1, 0.15) is 5.75 Å². The molecule has 2 atom stereocenters. The van der Waals surface area contributed by atoms with Crippen LogP contribution in [0.1, 0.15) is 45.6 Å². The molecule has 0 aliphatic carbocycles. The molecule has 0 radical (unpaired) electrons. The first-order valence-corrected chi connectivity index (χ1v) is 6.91. The van der Waals surface area contributed by atoms with E-state index < -0.39 is 5.97 Å². The lowest BCUT2D eigenvalue weighted by atomic mass is 9.85. The lowest BCUT2D eigenvalue weighted by Crippen LogP contribution is -2.18. The standard InChI is InChI=1S/C16H24O3/c1-5-15(12(4)16(17)18)13-7-6-8-14(9-13)19-10-11(2)3/h6-9,11-12,15H,5,10H2,1-4H3,(H,17,18)/t12-,15-/m0/s1. The first kappa shape index (κ1) is 15.5. The van der Waals surface area contributed by atoms with E-state index in [0.29, 0.717) is 12.5 Å². The van der Waals surface area contributed by atoms with Crippen molar-refractivity contribution in [2.24, 2.45) is 11.8 Å². The molecule has 0 aliphatic rings. The highest BCUT2D eigenvalue weighted by molar-refractivity contribution is 5.71. The van der Waals surface area contributed by atoms with Crippen LogP contribution < -0.4 is 4.74 Å². The number of carboxylic acids is 1. The number of aliphatic carboxylic acids is 1. The van der Waals surface area contributed by atoms with Crippen molar-refractivity contribution in [3.05, 3.63) is 29.8 Å². The maximum absolute atomic E-state index is 11.1. The number of hydrogen-bond donors (Lipinski definition) is 1. The van der Waals surface area contributed by atoms with E-state index in [1.54, 1.807) is 6.92 Å². The van der Waals surface area contributed by atoms with Gasteiger partial charge in [0, 0.05) is 0 Å². The van der Waals surface area contributed by atoms with Gasteiger partial charge in [0.05, 0.1) is 12.5 Å². The van der Waals surface area contributed by atoms with Crippen molar-refractivity contribution >= 4 is 5.97 Å². The summed E-state index contributed by atoms with van der Waals surface area (Å²) in [6.45, 7) is 8.66. The third kappa shape index (κ3) is 4.58. The molecule has 1 aromatic carbocycles. The molecule has 0 amide bonds. The monoisotopic (exact) mass is 264 g/mol. The van der Waals surface area contributed by atoms with Crippen LogP contribution in [0.3, 0.4) is 0 Å². The third-order valence-electron chi connectivity index (χ3n) is 3.30. The molecule has 0 bridgehead atoms. The van der Waals surface area contributed by atoms with Gasteiger partial charge < -0.3 is 9.84 Å². The van der Waals surface area contributed by atoms with E-state index in [4.69, 9.17) is 9.84 Å². The van der Waals surface area contributed by atoms with Gasteiger partial charge in [0.25, 0.3) is 0 Å². The summed E-state index contributed by atoms with van der Waals surface area (Å²) in [6, 6.07) is 7.80. The van der Waals surface area contributed by atoms with Gasteiger partial charge in [-0.3, -0.25) is 4.79 Å². The molecule has 3 nitrogen and oxygen atoms in total. The largest absolute Gasteiger partial charge is 0.493 e. The van der Waals surface area contributed by atoms with Crippen molar-refractivity contribution in [2.45, 2.75) is 40.0 Å². The van der Waals surface area contributed by atoms with E-state index in [1.807, 2.05) is 31.2 Å². The van der Waals surface area contributed by atoms with Crippen LogP contribution in [0, 0.1) is 11.8 Å².